The fourth-order valence-corrected chi connectivity index (χ4v) is 2.90. The molecule has 1 amide bonds. The van der Waals surface area contributed by atoms with Crippen LogP contribution in [0.4, 0.5) is 0 Å². The summed E-state index contributed by atoms with van der Waals surface area (Å²) in [5.74, 6) is -0.0416. The first-order chi connectivity index (χ1) is 12.1. The number of nitrogens with one attached hydrogen (secondary N) is 1. The van der Waals surface area contributed by atoms with Gasteiger partial charge in [0.05, 0.1) is 5.69 Å². The number of hydrogen-bond donors (Lipinski definition) is 1. The number of benzene rings is 1. The van der Waals surface area contributed by atoms with Gasteiger partial charge in [-0.25, -0.2) is 0 Å². The highest BCUT2D eigenvalue weighted by Crippen LogP contribution is 2.17. The van der Waals surface area contributed by atoms with E-state index < -0.39 is 0 Å². The van der Waals surface area contributed by atoms with E-state index in [2.05, 4.69) is 34.5 Å². The van der Waals surface area contributed by atoms with Crippen LogP contribution in [0.25, 0.3) is 11.3 Å². The summed E-state index contributed by atoms with van der Waals surface area (Å²) in [5.41, 5.74) is 4.40. The lowest BCUT2D eigenvalue weighted by Gasteiger charge is -2.16. The van der Waals surface area contributed by atoms with Gasteiger partial charge in [-0.3, -0.25) is 14.5 Å². The molecule has 0 saturated heterocycles. The number of amides is 1. The van der Waals surface area contributed by atoms with E-state index in [1.54, 1.807) is 23.3 Å². The van der Waals surface area contributed by atoms with Crippen molar-refractivity contribution < 1.29 is 4.79 Å². The third-order valence-corrected chi connectivity index (χ3v) is 4.18. The Bertz CT molecular complexity index is 842. The van der Waals surface area contributed by atoms with Crippen molar-refractivity contribution in [3.05, 3.63) is 72.2 Å². The van der Waals surface area contributed by atoms with E-state index in [-0.39, 0.29) is 18.5 Å². The predicted molar refractivity (Wildman–Crippen MR) is 97.9 cm³/mol. The number of pyridine rings is 1. The molecule has 3 rings (SSSR count). The molecule has 1 N–H and O–H groups in total. The molecule has 5 heteroatoms. The Balaban J connectivity index is 1.62. The molecule has 0 aliphatic carbocycles. The van der Waals surface area contributed by atoms with Crippen LogP contribution >= 0.6 is 0 Å². The van der Waals surface area contributed by atoms with Crippen LogP contribution in [0.2, 0.25) is 0 Å². The average Bonchev–Trinajstić information content (AvgIpc) is 3.05. The summed E-state index contributed by atoms with van der Waals surface area (Å²) >= 11 is 0. The zero-order valence-corrected chi connectivity index (χ0v) is 14.5. The summed E-state index contributed by atoms with van der Waals surface area (Å²) in [6.45, 7) is 4.31. The number of aryl methyl sites for hydroxylation is 1. The molecule has 0 aliphatic rings. The lowest BCUT2D eigenvalue weighted by atomic mass is 10.0. The quantitative estimate of drug-likeness (QED) is 0.754. The van der Waals surface area contributed by atoms with Crippen LogP contribution in [0.1, 0.15) is 18.1 Å². The number of hydrogen-bond acceptors (Lipinski definition) is 3. The first kappa shape index (κ1) is 16.9. The van der Waals surface area contributed by atoms with Crippen LogP contribution in [0.15, 0.2) is 61.1 Å². The molecule has 1 aromatic carbocycles. The molecular formula is C20H22N4O. The van der Waals surface area contributed by atoms with Crippen LogP contribution in [-0.2, 0) is 17.8 Å². The Morgan fingerprint density at radius 1 is 1.12 bits per heavy atom. The predicted octanol–water partition coefficient (Wildman–Crippen LogP) is 3.00. The molecule has 0 radical (unpaired) electrons. The van der Waals surface area contributed by atoms with Gasteiger partial charge in [0.25, 0.3) is 0 Å². The van der Waals surface area contributed by atoms with Gasteiger partial charge >= 0.3 is 0 Å². The van der Waals surface area contributed by atoms with Crippen molar-refractivity contribution >= 4 is 5.91 Å². The lowest BCUT2D eigenvalue weighted by Crippen LogP contribution is -2.36. The molecule has 2 heterocycles. The largest absolute Gasteiger partial charge is 0.352 e. The van der Waals surface area contributed by atoms with E-state index >= 15 is 0 Å². The van der Waals surface area contributed by atoms with Crippen molar-refractivity contribution in [1.29, 1.82) is 0 Å². The maximum absolute atomic E-state index is 12.4. The minimum Gasteiger partial charge on any atom is -0.352 e. The monoisotopic (exact) mass is 334 g/mol. The number of aromatic nitrogens is 3. The van der Waals surface area contributed by atoms with Crippen molar-refractivity contribution in [3.63, 3.8) is 0 Å². The Morgan fingerprint density at radius 2 is 1.88 bits per heavy atom. The minimum absolute atomic E-state index is 0.0416. The highest BCUT2D eigenvalue weighted by atomic mass is 16.2. The van der Waals surface area contributed by atoms with Crippen molar-refractivity contribution in [2.45, 2.75) is 32.9 Å². The average molecular weight is 334 g/mol. The van der Waals surface area contributed by atoms with E-state index in [1.165, 1.54) is 11.1 Å². The molecule has 128 valence electrons. The smallest absolute Gasteiger partial charge is 0.241 e. The first-order valence-electron chi connectivity index (χ1n) is 8.39. The topological polar surface area (TPSA) is 59.8 Å². The maximum Gasteiger partial charge on any atom is 0.241 e. The lowest BCUT2D eigenvalue weighted by molar-refractivity contribution is -0.122. The van der Waals surface area contributed by atoms with Crippen molar-refractivity contribution in [1.82, 2.24) is 20.1 Å². The summed E-state index contributed by atoms with van der Waals surface area (Å²) in [4.78, 5) is 16.4. The SMILES string of the molecule is Cc1ccccc1C[C@H](C)NC(=O)Cn1nccc1-c1ccncc1. The van der Waals surface area contributed by atoms with Crippen LogP contribution in [0.5, 0.6) is 0 Å². The molecule has 1 atom stereocenters. The fraction of sp³-hybridized carbons (Fsp3) is 0.250. The van der Waals surface area contributed by atoms with E-state index in [9.17, 15) is 4.79 Å². The van der Waals surface area contributed by atoms with Crippen molar-refractivity contribution in [3.8, 4) is 11.3 Å². The number of carbonyl (C=O) groups excluding carboxylic acids is 1. The summed E-state index contributed by atoms with van der Waals surface area (Å²) < 4.78 is 1.71. The van der Waals surface area contributed by atoms with Gasteiger partial charge in [-0.05, 0) is 49.6 Å². The molecule has 0 fully saturated rings. The molecular weight excluding hydrogens is 312 g/mol. The molecule has 0 saturated carbocycles. The Kier molecular flexibility index (Phi) is 5.23. The standard InChI is InChI=1S/C20H22N4O/c1-15-5-3-4-6-18(15)13-16(2)23-20(25)14-24-19(9-12-22-24)17-7-10-21-11-8-17/h3-12,16H,13-14H2,1-2H3,(H,23,25)/t16-/m0/s1. The van der Waals surface area contributed by atoms with Crippen molar-refractivity contribution in [2.24, 2.45) is 0 Å². The van der Waals surface area contributed by atoms with Gasteiger partial charge in [-0.15, -0.1) is 0 Å². The molecule has 0 bridgehead atoms. The number of carbonyl (C=O) groups is 1. The van der Waals surface area contributed by atoms with E-state index in [4.69, 9.17) is 0 Å². The molecule has 25 heavy (non-hydrogen) atoms. The summed E-state index contributed by atoms with van der Waals surface area (Å²) in [6, 6.07) is 14.0. The second-order valence-electron chi connectivity index (χ2n) is 6.21. The van der Waals surface area contributed by atoms with Crippen LogP contribution < -0.4 is 5.32 Å². The van der Waals surface area contributed by atoms with Crippen molar-refractivity contribution in [2.75, 3.05) is 0 Å². The molecule has 0 aliphatic heterocycles. The second kappa shape index (κ2) is 7.75. The number of rotatable bonds is 6. The normalized spacial score (nSPS) is 11.9. The highest BCUT2D eigenvalue weighted by Gasteiger charge is 2.12. The zero-order chi connectivity index (χ0) is 17.6. The molecule has 3 aromatic rings. The van der Waals surface area contributed by atoms with E-state index in [0.29, 0.717) is 0 Å². The second-order valence-corrected chi connectivity index (χ2v) is 6.21. The van der Waals surface area contributed by atoms with Gasteiger partial charge in [-0.2, -0.15) is 5.10 Å². The molecule has 0 unspecified atom stereocenters. The maximum atomic E-state index is 12.4. The molecule has 5 nitrogen and oxygen atoms in total. The van der Waals surface area contributed by atoms with Gasteiger partial charge in [-0.1, -0.05) is 24.3 Å². The zero-order valence-electron chi connectivity index (χ0n) is 14.5. The van der Waals surface area contributed by atoms with Gasteiger partial charge in [0, 0.05) is 30.2 Å². The Morgan fingerprint density at radius 3 is 2.64 bits per heavy atom. The third kappa shape index (κ3) is 4.32. The van der Waals surface area contributed by atoms with Crippen LogP contribution in [0.3, 0.4) is 0 Å². The number of nitrogens with zero attached hydrogens (tertiary/aromatic N) is 3. The van der Waals surface area contributed by atoms with E-state index in [1.807, 2.05) is 37.3 Å². The molecule has 2 aromatic heterocycles. The first-order valence-corrected chi connectivity index (χ1v) is 8.39. The van der Waals surface area contributed by atoms with Gasteiger partial charge in [0.2, 0.25) is 5.91 Å². The summed E-state index contributed by atoms with van der Waals surface area (Å²) in [7, 11) is 0. The highest BCUT2D eigenvalue weighted by molar-refractivity contribution is 5.76. The minimum atomic E-state index is -0.0416. The summed E-state index contributed by atoms with van der Waals surface area (Å²) in [6.07, 6.45) is 5.99. The van der Waals surface area contributed by atoms with Crippen LogP contribution in [-0.4, -0.2) is 26.7 Å². The molecule has 0 spiro atoms. The summed E-state index contributed by atoms with van der Waals surface area (Å²) in [5, 5.41) is 7.33. The van der Waals surface area contributed by atoms with Gasteiger partial charge in [0.1, 0.15) is 6.54 Å². The van der Waals surface area contributed by atoms with Gasteiger partial charge < -0.3 is 5.32 Å². The third-order valence-electron chi connectivity index (χ3n) is 4.18. The Hall–Kier alpha value is -2.95. The Labute approximate surface area is 147 Å². The van der Waals surface area contributed by atoms with Crippen LogP contribution in [0, 0.1) is 6.92 Å². The fourth-order valence-electron chi connectivity index (χ4n) is 2.90. The van der Waals surface area contributed by atoms with Gasteiger partial charge in [0.15, 0.2) is 0 Å². The van der Waals surface area contributed by atoms with E-state index in [0.717, 1.165) is 17.7 Å².